The third kappa shape index (κ3) is 1.03. The lowest BCUT2D eigenvalue weighted by molar-refractivity contribution is 1.64. The van der Waals surface area contributed by atoms with E-state index in [1.807, 2.05) is 30.3 Å². The number of hydrogen-bond acceptors (Lipinski definition) is 1. The Kier molecular flexibility index (Phi) is 1.51. The molecule has 2 aromatic rings. The summed E-state index contributed by atoms with van der Waals surface area (Å²) in [6, 6.07) is 14.3. The molecule has 0 aliphatic heterocycles. The van der Waals surface area contributed by atoms with Crippen LogP contribution in [0.15, 0.2) is 49.0 Å². The Morgan fingerprint density at radius 2 is 1.47 bits per heavy atom. The number of nitrogen functional groups attached to an aromatic ring is 1. The Balaban J connectivity index is 2.39. The molecule has 0 heterocycles. The zero-order valence-corrected chi connectivity index (χ0v) is 8.33. The highest BCUT2D eigenvalue weighted by Gasteiger charge is 2.20. The molecule has 0 amide bonds. The fraction of sp³-hybridized carbons (Fsp3) is 0. The van der Waals surface area contributed by atoms with Crippen LogP contribution >= 0.6 is 0 Å². The van der Waals surface area contributed by atoms with E-state index in [4.69, 9.17) is 5.73 Å². The van der Waals surface area contributed by atoms with Crippen molar-refractivity contribution in [1.82, 2.24) is 0 Å². The average Bonchev–Trinajstić information content (AvgIpc) is 2.54. The van der Waals surface area contributed by atoms with Crippen molar-refractivity contribution in [2.45, 2.75) is 0 Å². The maximum absolute atomic E-state index is 5.80. The number of fused-ring (bicyclic) bond motifs is 3. The molecule has 0 atom stereocenters. The summed E-state index contributed by atoms with van der Waals surface area (Å²) in [6.07, 6.45) is 0. The van der Waals surface area contributed by atoms with Gasteiger partial charge in [0.2, 0.25) is 0 Å². The normalized spacial score (nSPS) is 12.4. The van der Waals surface area contributed by atoms with Gasteiger partial charge in [0.15, 0.2) is 0 Å². The van der Waals surface area contributed by atoms with Crippen LogP contribution in [0.2, 0.25) is 0 Å². The zero-order chi connectivity index (χ0) is 10.4. The largest absolute Gasteiger partial charge is 0.399 e. The quantitative estimate of drug-likeness (QED) is 0.544. The third-order valence-electron chi connectivity index (χ3n) is 2.91. The van der Waals surface area contributed by atoms with Gasteiger partial charge in [0, 0.05) is 5.69 Å². The molecule has 72 valence electrons. The van der Waals surface area contributed by atoms with Crippen molar-refractivity contribution < 1.29 is 0 Å². The Labute approximate surface area is 88.9 Å². The molecule has 0 unspecified atom stereocenters. The van der Waals surface area contributed by atoms with Crippen LogP contribution in [0.3, 0.4) is 0 Å². The Morgan fingerprint density at radius 3 is 2.27 bits per heavy atom. The van der Waals surface area contributed by atoms with Crippen molar-refractivity contribution in [3.05, 3.63) is 60.2 Å². The molecule has 0 saturated carbocycles. The summed E-state index contributed by atoms with van der Waals surface area (Å²) < 4.78 is 0. The maximum Gasteiger partial charge on any atom is 0.0320 e. The summed E-state index contributed by atoms with van der Waals surface area (Å²) in [5.74, 6) is 0. The molecule has 0 fully saturated rings. The average molecular weight is 193 g/mol. The van der Waals surface area contributed by atoms with Crippen molar-refractivity contribution >= 4 is 11.3 Å². The molecule has 3 rings (SSSR count). The minimum absolute atomic E-state index is 0.804. The second-order valence-electron chi connectivity index (χ2n) is 3.83. The summed E-state index contributed by atoms with van der Waals surface area (Å²) in [7, 11) is 0. The molecule has 0 aromatic heterocycles. The second kappa shape index (κ2) is 2.74. The molecule has 2 N–H and O–H groups in total. The van der Waals surface area contributed by atoms with E-state index < -0.39 is 0 Å². The molecule has 1 nitrogen and oxygen atoms in total. The smallest absolute Gasteiger partial charge is 0.0320 e. The van der Waals surface area contributed by atoms with E-state index in [1.165, 1.54) is 22.3 Å². The van der Waals surface area contributed by atoms with Gasteiger partial charge in [-0.25, -0.2) is 0 Å². The highest BCUT2D eigenvalue weighted by atomic mass is 14.5. The van der Waals surface area contributed by atoms with Gasteiger partial charge in [-0.15, -0.1) is 0 Å². The van der Waals surface area contributed by atoms with Gasteiger partial charge in [0.1, 0.15) is 0 Å². The first-order chi connectivity index (χ1) is 7.27. The topological polar surface area (TPSA) is 26.0 Å². The van der Waals surface area contributed by atoms with Crippen LogP contribution in [-0.4, -0.2) is 0 Å². The minimum atomic E-state index is 0.804. The van der Waals surface area contributed by atoms with E-state index >= 15 is 0 Å². The first-order valence-corrected chi connectivity index (χ1v) is 4.96. The molecular weight excluding hydrogens is 182 g/mol. The highest BCUT2D eigenvalue weighted by molar-refractivity contribution is 6.01. The van der Waals surface area contributed by atoms with E-state index in [2.05, 4.69) is 18.7 Å². The fourth-order valence-corrected chi connectivity index (χ4v) is 2.17. The maximum atomic E-state index is 5.80. The molecule has 0 spiro atoms. The van der Waals surface area contributed by atoms with E-state index in [0.29, 0.717) is 0 Å². The molecule has 1 aliphatic rings. The summed E-state index contributed by atoms with van der Waals surface area (Å²) in [5, 5.41) is 0. The van der Waals surface area contributed by atoms with Gasteiger partial charge >= 0.3 is 0 Å². The Bertz CT molecular complexity index is 567. The van der Waals surface area contributed by atoms with Crippen LogP contribution in [0.5, 0.6) is 0 Å². The molecule has 1 aliphatic carbocycles. The first-order valence-electron chi connectivity index (χ1n) is 4.96. The standard InChI is InChI=1S/C14H11N/c1-9-11-4-2-3-5-13(11)14-8-10(15)6-7-12(9)14/h2-8H,1,15H2. The van der Waals surface area contributed by atoms with Crippen molar-refractivity contribution in [2.75, 3.05) is 5.73 Å². The van der Waals surface area contributed by atoms with Gasteiger partial charge in [-0.2, -0.15) is 0 Å². The summed E-state index contributed by atoms with van der Waals surface area (Å²) in [5.41, 5.74) is 12.6. The minimum Gasteiger partial charge on any atom is -0.399 e. The lowest BCUT2D eigenvalue weighted by Gasteiger charge is -2.01. The van der Waals surface area contributed by atoms with Gasteiger partial charge in [0.05, 0.1) is 0 Å². The molecule has 0 saturated heterocycles. The first kappa shape index (κ1) is 8.30. The zero-order valence-electron chi connectivity index (χ0n) is 8.33. The van der Waals surface area contributed by atoms with Crippen molar-refractivity contribution in [3.8, 4) is 11.1 Å². The fourth-order valence-electron chi connectivity index (χ4n) is 2.17. The summed E-state index contributed by atoms with van der Waals surface area (Å²) >= 11 is 0. The Hall–Kier alpha value is -2.02. The predicted molar refractivity (Wildman–Crippen MR) is 64.4 cm³/mol. The predicted octanol–water partition coefficient (Wildman–Crippen LogP) is 3.31. The van der Waals surface area contributed by atoms with Gasteiger partial charge in [-0.3, -0.25) is 0 Å². The van der Waals surface area contributed by atoms with E-state index in [9.17, 15) is 0 Å². The molecule has 15 heavy (non-hydrogen) atoms. The van der Waals surface area contributed by atoms with Gasteiger partial charge in [-0.05, 0) is 40.0 Å². The van der Waals surface area contributed by atoms with E-state index in [1.54, 1.807) is 0 Å². The van der Waals surface area contributed by atoms with Crippen LogP contribution in [0.25, 0.3) is 16.7 Å². The lowest BCUT2D eigenvalue weighted by atomic mass is 10.1. The monoisotopic (exact) mass is 193 g/mol. The van der Waals surface area contributed by atoms with E-state index in [-0.39, 0.29) is 0 Å². The third-order valence-corrected chi connectivity index (χ3v) is 2.91. The summed E-state index contributed by atoms with van der Waals surface area (Å²) in [4.78, 5) is 0. The number of anilines is 1. The number of rotatable bonds is 0. The molecular formula is C14H11N. The summed E-state index contributed by atoms with van der Waals surface area (Å²) in [6.45, 7) is 4.13. The van der Waals surface area contributed by atoms with Crippen molar-refractivity contribution in [2.24, 2.45) is 0 Å². The van der Waals surface area contributed by atoms with Crippen LogP contribution in [0.4, 0.5) is 5.69 Å². The highest BCUT2D eigenvalue weighted by Crippen LogP contribution is 2.43. The molecule has 0 radical (unpaired) electrons. The number of benzene rings is 2. The number of nitrogens with two attached hydrogens (primary N) is 1. The number of hydrogen-bond donors (Lipinski definition) is 1. The van der Waals surface area contributed by atoms with Crippen molar-refractivity contribution in [1.29, 1.82) is 0 Å². The molecule has 2 aromatic carbocycles. The van der Waals surface area contributed by atoms with Crippen LogP contribution < -0.4 is 5.73 Å². The molecule has 0 bridgehead atoms. The van der Waals surface area contributed by atoms with Crippen LogP contribution in [0.1, 0.15) is 11.1 Å². The second-order valence-corrected chi connectivity index (χ2v) is 3.83. The van der Waals surface area contributed by atoms with Gasteiger partial charge in [0.25, 0.3) is 0 Å². The Morgan fingerprint density at radius 1 is 0.800 bits per heavy atom. The van der Waals surface area contributed by atoms with Gasteiger partial charge in [-0.1, -0.05) is 36.9 Å². The SMILES string of the molecule is C=C1c2ccccc2-c2cc(N)ccc21. The van der Waals surface area contributed by atoms with Crippen LogP contribution in [0, 0.1) is 0 Å². The van der Waals surface area contributed by atoms with Crippen molar-refractivity contribution in [3.63, 3.8) is 0 Å². The molecule has 1 heteroatoms. The lowest BCUT2D eigenvalue weighted by Crippen LogP contribution is -1.85. The van der Waals surface area contributed by atoms with Gasteiger partial charge < -0.3 is 5.73 Å². The van der Waals surface area contributed by atoms with E-state index in [0.717, 1.165) is 11.3 Å². The van der Waals surface area contributed by atoms with Crippen LogP contribution in [-0.2, 0) is 0 Å².